The first kappa shape index (κ1) is 20.1. The van der Waals surface area contributed by atoms with Gasteiger partial charge in [0.15, 0.2) is 0 Å². The van der Waals surface area contributed by atoms with Crippen molar-refractivity contribution in [3.8, 4) is 0 Å². The normalized spacial score (nSPS) is 28.3. The van der Waals surface area contributed by atoms with Crippen LogP contribution < -0.4 is 5.32 Å². The second-order valence-electron chi connectivity index (χ2n) is 10.8. The van der Waals surface area contributed by atoms with Gasteiger partial charge in [-0.05, 0) is 86.3 Å². The molecule has 166 valence electrons. The quantitative estimate of drug-likeness (QED) is 0.465. The van der Waals surface area contributed by atoms with Gasteiger partial charge in [-0.1, -0.05) is 48.5 Å². The largest absolute Gasteiger partial charge is 0.356 e. The number of hydrogen-bond acceptors (Lipinski definition) is 1. The van der Waals surface area contributed by atoms with Gasteiger partial charge in [-0.15, -0.1) is 0 Å². The molecule has 1 aromatic heterocycles. The highest BCUT2D eigenvalue weighted by Crippen LogP contribution is 2.60. The molecule has 3 nitrogen and oxygen atoms in total. The summed E-state index contributed by atoms with van der Waals surface area (Å²) >= 11 is 0. The monoisotopic (exact) mass is 426 g/mol. The number of amides is 1. The van der Waals surface area contributed by atoms with Crippen LogP contribution in [0.25, 0.3) is 10.9 Å². The first-order valence-electron chi connectivity index (χ1n) is 12.6. The zero-order valence-electron chi connectivity index (χ0n) is 18.9. The molecule has 0 spiro atoms. The number of carbonyl (C=O) groups is 1. The molecule has 0 aliphatic heterocycles. The molecule has 1 heterocycles. The maximum atomic E-state index is 13.2. The van der Waals surface area contributed by atoms with E-state index in [0.29, 0.717) is 5.91 Å². The summed E-state index contributed by atoms with van der Waals surface area (Å²) in [5.41, 5.74) is 3.98. The van der Waals surface area contributed by atoms with Gasteiger partial charge in [0.2, 0.25) is 5.91 Å². The molecule has 0 atom stereocenters. The molecule has 4 saturated carbocycles. The van der Waals surface area contributed by atoms with Crippen LogP contribution in [0.5, 0.6) is 0 Å². The number of para-hydroxylation sites is 1. The predicted molar refractivity (Wildman–Crippen MR) is 129 cm³/mol. The summed E-state index contributed by atoms with van der Waals surface area (Å²) in [4.78, 5) is 13.2. The third kappa shape index (κ3) is 3.66. The Morgan fingerprint density at radius 3 is 2.28 bits per heavy atom. The molecular formula is C29H34N2O. The average Bonchev–Trinajstić information content (AvgIpc) is 3.14. The summed E-state index contributed by atoms with van der Waals surface area (Å²) in [6, 6.07) is 19.4. The Balaban J connectivity index is 1.10. The second-order valence-corrected chi connectivity index (χ2v) is 10.8. The van der Waals surface area contributed by atoms with Gasteiger partial charge in [0.1, 0.15) is 0 Å². The van der Waals surface area contributed by atoms with E-state index in [9.17, 15) is 4.79 Å². The minimum absolute atomic E-state index is 0.0273. The van der Waals surface area contributed by atoms with Gasteiger partial charge in [-0.2, -0.15) is 0 Å². The van der Waals surface area contributed by atoms with E-state index in [1.165, 1.54) is 41.3 Å². The summed E-state index contributed by atoms with van der Waals surface area (Å²) in [6.07, 6.45) is 11.9. The standard InChI is InChI=1S/C29H34N2O/c32-28(29-16-22-13-23(17-29)15-24(14-22)18-29)30-12-6-9-25-20-31(19-21-7-2-1-3-8-21)27-11-5-4-10-26(25)27/h1-5,7-8,10-11,20,22-24H,6,9,12-19H2,(H,30,32). The zero-order valence-corrected chi connectivity index (χ0v) is 18.9. The minimum atomic E-state index is -0.0273. The van der Waals surface area contributed by atoms with E-state index in [4.69, 9.17) is 0 Å². The molecule has 3 aromatic rings. The van der Waals surface area contributed by atoms with Crippen molar-refractivity contribution in [3.63, 3.8) is 0 Å². The molecule has 7 rings (SSSR count). The molecule has 1 N–H and O–H groups in total. The summed E-state index contributed by atoms with van der Waals surface area (Å²) in [7, 11) is 0. The molecule has 2 aromatic carbocycles. The molecule has 32 heavy (non-hydrogen) atoms. The maximum absolute atomic E-state index is 13.2. The average molecular weight is 427 g/mol. The summed E-state index contributed by atoms with van der Waals surface area (Å²) < 4.78 is 2.37. The Kier molecular flexibility index (Phi) is 5.08. The van der Waals surface area contributed by atoms with Crippen LogP contribution in [0.4, 0.5) is 0 Å². The second kappa shape index (κ2) is 8.10. The molecular weight excluding hydrogens is 392 g/mol. The molecule has 4 fully saturated rings. The van der Waals surface area contributed by atoms with E-state index in [0.717, 1.165) is 62.9 Å². The Hall–Kier alpha value is -2.55. The summed E-state index contributed by atoms with van der Waals surface area (Å²) in [5.74, 6) is 2.83. The number of aryl methyl sites for hydroxylation is 1. The van der Waals surface area contributed by atoms with Crippen LogP contribution >= 0.6 is 0 Å². The summed E-state index contributed by atoms with van der Waals surface area (Å²) in [5, 5.41) is 4.70. The third-order valence-corrected chi connectivity index (χ3v) is 8.50. The molecule has 1 amide bonds. The number of aromatic nitrogens is 1. The van der Waals surface area contributed by atoms with Crippen molar-refractivity contribution in [3.05, 3.63) is 71.9 Å². The highest BCUT2D eigenvalue weighted by molar-refractivity contribution is 5.84. The van der Waals surface area contributed by atoms with E-state index in [1.807, 2.05) is 0 Å². The van der Waals surface area contributed by atoms with E-state index >= 15 is 0 Å². The van der Waals surface area contributed by atoms with Crippen LogP contribution in [0.15, 0.2) is 60.8 Å². The van der Waals surface area contributed by atoms with Crippen molar-refractivity contribution in [2.24, 2.45) is 23.2 Å². The van der Waals surface area contributed by atoms with Crippen LogP contribution in [0.1, 0.15) is 56.1 Å². The number of nitrogens with one attached hydrogen (secondary N) is 1. The van der Waals surface area contributed by atoms with E-state index < -0.39 is 0 Å². The number of fused-ring (bicyclic) bond motifs is 1. The van der Waals surface area contributed by atoms with Gasteiger partial charge >= 0.3 is 0 Å². The maximum Gasteiger partial charge on any atom is 0.226 e. The van der Waals surface area contributed by atoms with Crippen molar-refractivity contribution in [1.82, 2.24) is 9.88 Å². The Labute approximate surface area is 191 Å². The molecule has 3 heteroatoms. The first-order valence-corrected chi connectivity index (χ1v) is 12.6. The third-order valence-electron chi connectivity index (χ3n) is 8.50. The molecule has 0 saturated heterocycles. The molecule has 4 aliphatic carbocycles. The van der Waals surface area contributed by atoms with Crippen LogP contribution in [0, 0.1) is 23.2 Å². The van der Waals surface area contributed by atoms with Crippen molar-refractivity contribution in [2.75, 3.05) is 6.54 Å². The fraction of sp³-hybridized carbons (Fsp3) is 0.483. The fourth-order valence-corrected chi connectivity index (χ4v) is 7.49. The van der Waals surface area contributed by atoms with Crippen molar-refractivity contribution < 1.29 is 4.79 Å². The van der Waals surface area contributed by atoms with Gasteiger partial charge in [-0.3, -0.25) is 4.79 Å². The van der Waals surface area contributed by atoms with Gasteiger partial charge < -0.3 is 9.88 Å². The van der Waals surface area contributed by atoms with Crippen molar-refractivity contribution in [2.45, 2.75) is 57.9 Å². The van der Waals surface area contributed by atoms with Crippen molar-refractivity contribution in [1.29, 1.82) is 0 Å². The van der Waals surface area contributed by atoms with Crippen molar-refractivity contribution >= 4 is 16.8 Å². The number of benzene rings is 2. The first-order chi connectivity index (χ1) is 15.7. The number of carbonyl (C=O) groups excluding carboxylic acids is 1. The molecule has 0 radical (unpaired) electrons. The van der Waals surface area contributed by atoms with Gasteiger partial charge in [0, 0.05) is 35.6 Å². The van der Waals surface area contributed by atoms with Crippen LogP contribution in [0.2, 0.25) is 0 Å². The number of hydrogen-bond donors (Lipinski definition) is 1. The van der Waals surface area contributed by atoms with E-state index in [1.54, 1.807) is 0 Å². The van der Waals surface area contributed by atoms with Gasteiger partial charge in [-0.25, -0.2) is 0 Å². The minimum Gasteiger partial charge on any atom is -0.356 e. The Morgan fingerprint density at radius 2 is 1.56 bits per heavy atom. The highest BCUT2D eigenvalue weighted by atomic mass is 16.2. The summed E-state index contributed by atoms with van der Waals surface area (Å²) in [6.45, 7) is 1.68. The lowest BCUT2D eigenvalue weighted by molar-refractivity contribution is -0.146. The fourth-order valence-electron chi connectivity index (χ4n) is 7.49. The number of nitrogens with zero attached hydrogens (tertiary/aromatic N) is 1. The lowest BCUT2D eigenvalue weighted by Gasteiger charge is -2.55. The number of rotatable bonds is 7. The van der Waals surface area contributed by atoms with E-state index in [-0.39, 0.29) is 5.41 Å². The van der Waals surface area contributed by atoms with Gasteiger partial charge in [0.25, 0.3) is 0 Å². The highest BCUT2D eigenvalue weighted by Gasteiger charge is 2.54. The van der Waals surface area contributed by atoms with Crippen LogP contribution in [0.3, 0.4) is 0 Å². The topological polar surface area (TPSA) is 34.0 Å². The smallest absolute Gasteiger partial charge is 0.226 e. The lowest BCUT2D eigenvalue weighted by atomic mass is 9.49. The predicted octanol–water partition coefficient (Wildman–Crippen LogP) is 5.95. The SMILES string of the molecule is O=C(NCCCc1cn(Cc2ccccc2)c2ccccc12)C12CC3CC(CC(C3)C1)C2. The molecule has 0 unspecified atom stereocenters. The van der Waals surface area contributed by atoms with Gasteiger partial charge in [0.05, 0.1) is 0 Å². The van der Waals surface area contributed by atoms with Crippen LogP contribution in [-0.2, 0) is 17.8 Å². The van der Waals surface area contributed by atoms with E-state index in [2.05, 4.69) is 70.7 Å². The van der Waals surface area contributed by atoms with Crippen LogP contribution in [-0.4, -0.2) is 17.0 Å². The molecule has 4 bridgehead atoms. The lowest BCUT2D eigenvalue weighted by Crippen LogP contribution is -2.53. The Bertz CT molecular complexity index is 1080. The zero-order chi connectivity index (χ0) is 21.5. The molecule has 4 aliphatic rings. The Morgan fingerprint density at radius 1 is 0.906 bits per heavy atom.